The van der Waals surface area contributed by atoms with Gasteiger partial charge in [0, 0.05) is 6.54 Å². The van der Waals surface area contributed by atoms with E-state index in [1.165, 1.54) is 12.1 Å². The van der Waals surface area contributed by atoms with Crippen LogP contribution >= 0.6 is 0 Å². The van der Waals surface area contributed by atoms with E-state index in [1.807, 2.05) is 0 Å². The minimum Gasteiger partial charge on any atom is -0.354 e. The molecule has 0 aliphatic carbocycles. The number of amides is 3. The van der Waals surface area contributed by atoms with E-state index >= 15 is 0 Å². The van der Waals surface area contributed by atoms with E-state index in [2.05, 4.69) is 5.32 Å². The molecule has 2 aliphatic rings. The predicted octanol–water partition coefficient (Wildman–Crippen LogP) is 1.09. The van der Waals surface area contributed by atoms with E-state index in [1.54, 1.807) is 0 Å². The Balaban J connectivity index is 2.01. The number of imide groups is 1. The molecule has 3 amide bonds. The quantitative estimate of drug-likeness (QED) is 0.781. The van der Waals surface area contributed by atoms with Crippen LogP contribution in [0, 0.1) is 5.82 Å². The maximum Gasteiger partial charge on any atom is 0.265 e. The monoisotopic (exact) mass is 276 g/mol. The maximum absolute atomic E-state index is 13.7. The second kappa shape index (κ2) is 4.70. The molecule has 1 aromatic carbocycles. The van der Waals surface area contributed by atoms with Crippen LogP contribution in [0.1, 0.15) is 40.0 Å². The Morgan fingerprint density at radius 2 is 1.95 bits per heavy atom. The van der Waals surface area contributed by atoms with Crippen LogP contribution in [0.3, 0.4) is 0 Å². The molecule has 0 radical (unpaired) electrons. The highest BCUT2D eigenvalue weighted by Crippen LogP contribution is 2.28. The lowest BCUT2D eigenvalue weighted by atomic mass is 10.1. The molecule has 2 heterocycles. The Morgan fingerprint density at radius 1 is 1.15 bits per heavy atom. The van der Waals surface area contributed by atoms with E-state index < -0.39 is 23.7 Å². The topological polar surface area (TPSA) is 66.5 Å². The third-order valence-corrected chi connectivity index (χ3v) is 3.71. The van der Waals surface area contributed by atoms with Gasteiger partial charge >= 0.3 is 0 Å². The average Bonchev–Trinajstić information content (AvgIpc) is 2.57. The zero-order valence-corrected chi connectivity index (χ0v) is 10.7. The molecule has 1 saturated heterocycles. The van der Waals surface area contributed by atoms with Crippen LogP contribution in [-0.4, -0.2) is 35.2 Å². The van der Waals surface area contributed by atoms with Crippen molar-refractivity contribution in [2.24, 2.45) is 0 Å². The minimum atomic E-state index is -0.843. The molecule has 2 aliphatic heterocycles. The highest BCUT2D eigenvalue weighted by molar-refractivity contribution is 6.23. The van der Waals surface area contributed by atoms with Crippen molar-refractivity contribution >= 4 is 17.7 Å². The molecule has 1 unspecified atom stereocenters. The van der Waals surface area contributed by atoms with Gasteiger partial charge in [-0.05, 0) is 31.4 Å². The van der Waals surface area contributed by atoms with Crippen LogP contribution in [0.2, 0.25) is 0 Å². The van der Waals surface area contributed by atoms with Crippen molar-refractivity contribution in [3.63, 3.8) is 0 Å². The molecule has 0 bridgehead atoms. The summed E-state index contributed by atoms with van der Waals surface area (Å²) in [5, 5.41) is 2.68. The molecule has 1 fully saturated rings. The fourth-order valence-electron chi connectivity index (χ4n) is 2.71. The summed E-state index contributed by atoms with van der Waals surface area (Å²) in [6, 6.07) is 3.09. The number of nitrogens with one attached hydrogen (secondary N) is 1. The SMILES string of the molecule is O=C1NCCCCC1N1C(=O)c2cccc(F)c2C1=O. The van der Waals surface area contributed by atoms with E-state index in [-0.39, 0.29) is 17.0 Å². The Morgan fingerprint density at radius 3 is 2.70 bits per heavy atom. The summed E-state index contributed by atoms with van der Waals surface area (Å²) in [5.74, 6) is -2.38. The normalized spacial score (nSPS) is 22.6. The molecule has 0 saturated carbocycles. The summed E-state index contributed by atoms with van der Waals surface area (Å²) >= 11 is 0. The van der Waals surface area contributed by atoms with Crippen LogP contribution in [0.5, 0.6) is 0 Å². The van der Waals surface area contributed by atoms with E-state index in [9.17, 15) is 18.8 Å². The van der Waals surface area contributed by atoms with Gasteiger partial charge in [-0.3, -0.25) is 19.3 Å². The van der Waals surface area contributed by atoms with Gasteiger partial charge in [0.2, 0.25) is 5.91 Å². The van der Waals surface area contributed by atoms with Crippen LogP contribution < -0.4 is 5.32 Å². The zero-order valence-electron chi connectivity index (χ0n) is 10.7. The van der Waals surface area contributed by atoms with Crippen molar-refractivity contribution in [1.82, 2.24) is 10.2 Å². The first-order chi connectivity index (χ1) is 9.61. The third-order valence-electron chi connectivity index (χ3n) is 3.71. The fraction of sp³-hybridized carbons (Fsp3) is 0.357. The van der Waals surface area contributed by atoms with Crippen molar-refractivity contribution in [2.45, 2.75) is 25.3 Å². The van der Waals surface area contributed by atoms with E-state index in [0.717, 1.165) is 23.8 Å². The second-order valence-electron chi connectivity index (χ2n) is 4.95. The Labute approximate surface area is 114 Å². The minimum absolute atomic E-state index is 0.0343. The van der Waals surface area contributed by atoms with E-state index in [4.69, 9.17) is 0 Å². The maximum atomic E-state index is 13.7. The summed E-state index contributed by atoms with van der Waals surface area (Å²) in [4.78, 5) is 37.4. The lowest BCUT2D eigenvalue weighted by Crippen LogP contribution is -2.48. The standard InChI is InChI=1S/C14H13FN2O3/c15-9-5-3-4-8-11(9)14(20)17(13(8)19)10-6-1-2-7-16-12(10)18/h3-5,10H,1-2,6-7H2,(H,16,18). The van der Waals surface area contributed by atoms with Crippen LogP contribution in [0.15, 0.2) is 18.2 Å². The molecule has 6 heteroatoms. The van der Waals surface area contributed by atoms with Gasteiger partial charge in [0.25, 0.3) is 11.8 Å². The van der Waals surface area contributed by atoms with Gasteiger partial charge in [-0.15, -0.1) is 0 Å². The van der Waals surface area contributed by atoms with Gasteiger partial charge in [0.05, 0.1) is 11.1 Å². The summed E-state index contributed by atoms with van der Waals surface area (Å²) < 4.78 is 13.7. The first kappa shape index (κ1) is 12.8. The Hall–Kier alpha value is -2.24. The summed E-state index contributed by atoms with van der Waals surface area (Å²) in [5.41, 5.74) is -0.193. The lowest BCUT2D eigenvalue weighted by Gasteiger charge is -2.23. The summed E-state index contributed by atoms with van der Waals surface area (Å²) in [7, 11) is 0. The van der Waals surface area contributed by atoms with Crippen molar-refractivity contribution in [3.05, 3.63) is 35.1 Å². The van der Waals surface area contributed by atoms with Gasteiger partial charge < -0.3 is 5.32 Å². The predicted molar refractivity (Wildman–Crippen MR) is 67.5 cm³/mol. The number of hydrogen-bond acceptors (Lipinski definition) is 3. The fourth-order valence-corrected chi connectivity index (χ4v) is 2.71. The van der Waals surface area contributed by atoms with Crippen LogP contribution in [-0.2, 0) is 4.79 Å². The van der Waals surface area contributed by atoms with Crippen molar-refractivity contribution < 1.29 is 18.8 Å². The van der Waals surface area contributed by atoms with Gasteiger partial charge in [-0.1, -0.05) is 6.07 Å². The number of benzene rings is 1. The molecular formula is C14H13FN2O3. The summed E-state index contributed by atoms with van der Waals surface area (Å²) in [6.07, 6.45) is 1.96. The number of nitrogens with zero attached hydrogens (tertiary/aromatic N) is 1. The molecule has 1 N–H and O–H groups in total. The Bertz CT molecular complexity index is 614. The number of rotatable bonds is 1. The zero-order chi connectivity index (χ0) is 14.3. The third kappa shape index (κ3) is 1.79. The first-order valence-corrected chi connectivity index (χ1v) is 6.55. The highest BCUT2D eigenvalue weighted by atomic mass is 19.1. The molecule has 5 nitrogen and oxygen atoms in total. The molecular weight excluding hydrogens is 263 g/mol. The Kier molecular flexibility index (Phi) is 3.00. The highest BCUT2D eigenvalue weighted by Gasteiger charge is 2.44. The number of fused-ring (bicyclic) bond motifs is 1. The molecule has 1 aromatic rings. The van der Waals surface area contributed by atoms with Crippen LogP contribution in [0.25, 0.3) is 0 Å². The van der Waals surface area contributed by atoms with Crippen LogP contribution in [0.4, 0.5) is 4.39 Å². The first-order valence-electron chi connectivity index (χ1n) is 6.55. The molecule has 104 valence electrons. The molecule has 1 atom stereocenters. The largest absolute Gasteiger partial charge is 0.354 e. The van der Waals surface area contributed by atoms with Gasteiger partial charge in [-0.25, -0.2) is 4.39 Å². The second-order valence-corrected chi connectivity index (χ2v) is 4.95. The molecule has 0 aromatic heterocycles. The molecule has 3 rings (SSSR count). The van der Waals surface area contributed by atoms with Crippen molar-refractivity contribution in [2.75, 3.05) is 6.54 Å². The number of hydrogen-bond donors (Lipinski definition) is 1. The van der Waals surface area contributed by atoms with Crippen molar-refractivity contribution in [1.29, 1.82) is 0 Å². The van der Waals surface area contributed by atoms with Gasteiger partial charge in [0.15, 0.2) is 0 Å². The molecule has 20 heavy (non-hydrogen) atoms. The number of carbonyl (C=O) groups excluding carboxylic acids is 3. The summed E-state index contributed by atoms with van der Waals surface area (Å²) in [6.45, 7) is 0.535. The number of halogens is 1. The smallest absolute Gasteiger partial charge is 0.265 e. The molecule has 0 spiro atoms. The van der Waals surface area contributed by atoms with Crippen molar-refractivity contribution in [3.8, 4) is 0 Å². The lowest BCUT2D eigenvalue weighted by molar-refractivity contribution is -0.124. The van der Waals surface area contributed by atoms with E-state index in [0.29, 0.717) is 13.0 Å². The number of carbonyl (C=O) groups is 3. The van der Waals surface area contributed by atoms with Gasteiger partial charge in [0.1, 0.15) is 11.9 Å². The van der Waals surface area contributed by atoms with Gasteiger partial charge in [-0.2, -0.15) is 0 Å². The average molecular weight is 276 g/mol.